The van der Waals surface area contributed by atoms with Crippen molar-refractivity contribution in [2.24, 2.45) is 5.92 Å². The number of hydrogen-bond acceptors (Lipinski definition) is 3. The molecule has 1 aliphatic rings. The van der Waals surface area contributed by atoms with Crippen molar-refractivity contribution in [2.75, 3.05) is 33.7 Å². The Kier molecular flexibility index (Phi) is 7.29. The van der Waals surface area contributed by atoms with Gasteiger partial charge in [0.1, 0.15) is 0 Å². The lowest BCUT2D eigenvalue weighted by Crippen LogP contribution is -2.38. The zero-order valence-electron chi connectivity index (χ0n) is 17.0. The number of likely N-dealkylation sites (N-methyl/N-ethyl adjacent to an activating group) is 1. The zero-order valence-corrected chi connectivity index (χ0v) is 17.7. The van der Waals surface area contributed by atoms with Crippen molar-refractivity contribution in [3.63, 3.8) is 0 Å². The Morgan fingerprint density at radius 2 is 1.86 bits per heavy atom. The quantitative estimate of drug-likeness (QED) is 0.723. The number of carbonyl (C=O) groups is 2. The van der Waals surface area contributed by atoms with Crippen molar-refractivity contribution in [2.45, 2.75) is 18.9 Å². The molecule has 0 aliphatic carbocycles. The topological polar surface area (TPSA) is 52.7 Å². The Morgan fingerprint density at radius 1 is 1.17 bits per heavy atom. The van der Waals surface area contributed by atoms with Gasteiger partial charge in [0.05, 0.1) is 12.0 Å². The number of rotatable bonds is 8. The smallest absolute Gasteiger partial charge is 0.225 e. The number of likely N-dealkylation sites (tertiary alicyclic amines) is 1. The summed E-state index contributed by atoms with van der Waals surface area (Å²) in [6, 6.07) is 17.8. The Balaban J connectivity index is 1.52. The van der Waals surface area contributed by atoms with Crippen LogP contribution in [0.2, 0.25) is 5.02 Å². The normalized spacial score (nSPS) is 17.6. The summed E-state index contributed by atoms with van der Waals surface area (Å²) >= 11 is 5.98. The Bertz CT molecular complexity index is 824. The molecule has 154 valence electrons. The number of halogens is 1. The molecule has 5 nitrogen and oxygen atoms in total. The van der Waals surface area contributed by atoms with Crippen LogP contribution in [-0.2, 0) is 16.0 Å². The molecule has 0 bridgehead atoms. The highest BCUT2D eigenvalue weighted by molar-refractivity contribution is 6.30. The maximum absolute atomic E-state index is 12.7. The molecule has 6 heteroatoms. The van der Waals surface area contributed by atoms with Gasteiger partial charge in [-0.05, 0) is 43.8 Å². The van der Waals surface area contributed by atoms with Gasteiger partial charge in [0, 0.05) is 31.1 Å². The summed E-state index contributed by atoms with van der Waals surface area (Å²) in [4.78, 5) is 28.9. The average Bonchev–Trinajstić information content (AvgIpc) is 3.09. The number of amides is 2. The van der Waals surface area contributed by atoms with Crippen LogP contribution in [0.5, 0.6) is 0 Å². The number of benzene rings is 2. The summed E-state index contributed by atoms with van der Waals surface area (Å²) in [6.45, 7) is 1.63. The van der Waals surface area contributed by atoms with E-state index < -0.39 is 0 Å². The minimum absolute atomic E-state index is 0.0440. The van der Waals surface area contributed by atoms with Crippen LogP contribution in [0.25, 0.3) is 0 Å². The first-order valence-corrected chi connectivity index (χ1v) is 10.3. The van der Waals surface area contributed by atoms with Gasteiger partial charge in [-0.1, -0.05) is 54.1 Å². The van der Waals surface area contributed by atoms with E-state index in [1.54, 1.807) is 4.90 Å². The van der Waals surface area contributed by atoms with Crippen LogP contribution in [-0.4, -0.2) is 55.3 Å². The largest absolute Gasteiger partial charge is 0.354 e. The van der Waals surface area contributed by atoms with E-state index in [4.69, 9.17) is 11.6 Å². The van der Waals surface area contributed by atoms with Crippen molar-refractivity contribution in [1.82, 2.24) is 15.1 Å². The molecule has 0 saturated carbocycles. The maximum atomic E-state index is 12.7. The number of carbonyl (C=O) groups excluding carboxylic acids is 2. The summed E-state index contributed by atoms with van der Waals surface area (Å²) in [5.41, 5.74) is 2.29. The molecule has 1 saturated heterocycles. The van der Waals surface area contributed by atoms with Crippen LogP contribution in [0, 0.1) is 5.92 Å². The molecule has 3 rings (SSSR count). The Labute approximate surface area is 177 Å². The van der Waals surface area contributed by atoms with Gasteiger partial charge in [0.25, 0.3) is 0 Å². The van der Waals surface area contributed by atoms with Crippen LogP contribution in [0.1, 0.15) is 23.6 Å². The summed E-state index contributed by atoms with van der Waals surface area (Å²) in [5.74, 6) is -0.282. The van der Waals surface area contributed by atoms with Gasteiger partial charge in [0.2, 0.25) is 11.8 Å². The van der Waals surface area contributed by atoms with Crippen molar-refractivity contribution >= 4 is 23.4 Å². The standard InChI is InChI=1S/C23H28ClN3O2/c1-26(2)21(18-8-10-20(24)11-9-18)15-25-23(29)19-14-22(28)27(16-19)13-12-17-6-4-3-5-7-17/h3-11,19,21H,12-16H2,1-2H3,(H,25,29). The SMILES string of the molecule is CN(C)C(CNC(=O)C1CC(=O)N(CCc2ccccc2)C1)c1ccc(Cl)cc1. The molecule has 2 aromatic rings. The molecular formula is C23H28ClN3O2. The molecule has 2 aromatic carbocycles. The van der Waals surface area contributed by atoms with E-state index in [1.807, 2.05) is 56.6 Å². The van der Waals surface area contributed by atoms with Crippen molar-refractivity contribution in [1.29, 1.82) is 0 Å². The summed E-state index contributed by atoms with van der Waals surface area (Å²) in [5, 5.41) is 3.73. The highest BCUT2D eigenvalue weighted by atomic mass is 35.5. The van der Waals surface area contributed by atoms with E-state index in [9.17, 15) is 9.59 Å². The lowest BCUT2D eigenvalue weighted by atomic mass is 10.0. The summed E-state index contributed by atoms with van der Waals surface area (Å²) < 4.78 is 0. The second-order valence-corrected chi connectivity index (χ2v) is 8.19. The third-order valence-electron chi connectivity index (χ3n) is 5.45. The first-order chi connectivity index (χ1) is 13.9. The monoisotopic (exact) mass is 413 g/mol. The fourth-order valence-corrected chi connectivity index (χ4v) is 3.82. The fourth-order valence-electron chi connectivity index (χ4n) is 3.70. The Morgan fingerprint density at radius 3 is 2.52 bits per heavy atom. The number of nitrogens with one attached hydrogen (secondary N) is 1. The van der Waals surface area contributed by atoms with E-state index in [-0.39, 0.29) is 30.2 Å². The highest BCUT2D eigenvalue weighted by Crippen LogP contribution is 2.22. The predicted octanol–water partition coefficient (Wildman–Crippen LogP) is 3.15. The predicted molar refractivity (Wildman–Crippen MR) is 116 cm³/mol. The van der Waals surface area contributed by atoms with Crippen molar-refractivity contribution in [3.8, 4) is 0 Å². The van der Waals surface area contributed by atoms with Gasteiger partial charge in [-0.3, -0.25) is 9.59 Å². The first kappa shape index (κ1) is 21.3. The zero-order chi connectivity index (χ0) is 20.8. The number of hydrogen-bond donors (Lipinski definition) is 1. The van der Waals surface area contributed by atoms with E-state index in [0.29, 0.717) is 24.7 Å². The van der Waals surface area contributed by atoms with E-state index in [2.05, 4.69) is 22.3 Å². The second-order valence-electron chi connectivity index (χ2n) is 7.75. The lowest BCUT2D eigenvalue weighted by Gasteiger charge is -2.26. The minimum atomic E-state index is -0.286. The summed E-state index contributed by atoms with van der Waals surface area (Å²) in [7, 11) is 3.96. The van der Waals surface area contributed by atoms with E-state index >= 15 is 0 Å². The molecule has 2 amide bonds. The minimum Gasteiger partial charge on any atom is -0.354 e. The van der Waals surface area contributed by atoms with Gasteiger partial charge in [0.15, 0.2) is 0 Å². The van der Waals surface area contributed by atoms with Crippen LogP contribution in [0.3, 0.4) is 0 Å². The van der Waals surface area contributed by atoms with Crippen LogP contribution in [0.4, 0.5) is 0 Å². The highest BCUT2D eigenvalue weighted by Gasteiger charge is 2.34. The molecule has 0 radical (unpaired) electrons. The average molecular weight is 414 g/mol. The van der Waals surface area contributed by atoms with Gasteiger partial charge in [-0.25, -0.2) is 0 Å². The van der Waals surface area contributed by atoms with E-state index in [0.717, 1.165) is 12.0 Å². The summed E-state index contributed by atoms with van der Waals surface area (Å²) in [6.07, 6.45) is 1.09. The third kappa shape index (κ3) is 5.81. The van der Waals surface area contributed by atoms with E-state index in [1.165, 1.54) is 5.56 Å². The molecular weight excluding hydrogens is 386 g/mol. The van der Waals surface area contributed by atoms with Crippen LogP contribution < -0.4 is 5.32 Å². The molecule has 1 N–H and O–H groups in total. The molecule has 0 aromatic heterocycles. The Hall–Kier alpha value is -2.37. The van der Waals surface area contributed by atoms with Gasteiger partial charge >= 0.3 is 0 Å². The molecule has 1 fully saturated rings. The van der Waals surface area contributed by atoms with Crippen molar-refractivity contribution < 1.29 is 9.59 Å². The molecule has 1 aliphatic heterocycles. The molecule has 29 heavy (non-hydrogen) atoms. The second kappa shape index (κ2) is 9.90. The maximum Gasteiger partial charge on any atom is 0.225 e. The van der Waals surface area contributed by atoms with Gasteiger partial charge in [-0.2, -0.15) is 0 Å². The number of nitrogens with zero attached hydrogens (tertiary/aromatic N) is 2. The lowest BCUT2D eigenvalue weighted by molar-refractivity contribution is -0.129. The third-order valence-corrected chi connectivity index (χ3v) is 5.70. The van der Waals surface area contributed by atoms with Gasteiger partial charge < -0.3 is 15.1 Å². The molecule has 1 heterocycles. The molecule has 2 unspecified atom stereocenters. The van der Waals surface area contributed by atoms with Crippen molar-refractivity contribution in [3.05, 3.63) is 70.7 Å². The van der Waals surface area contributed by atoms with Crippen LogP contribution in [0.15, 0.2) is 54.6 Å². The van der Waals surface area contributed by atoms with Gasteiger partial charge in [-0.15, -0.1) is 0 Å². The fraction of sp³-hybridized carbons (Fsp3) is 0.391. The molecule has 0 spiro atoms. The van der Waals surface area contributed by atoms with Crippen LogP contribution >= 0.6 is 11.6 Å². The molecule has 2 atom stereocenters. The first-order valence-electron chi connectivity index (χ1n) is 9.95.